The molecular weight excluding hydrogens is 224 g/mol. The van der Waals surface area contributed by atoms with Crippen molar-refractivity contribution in [1.29, 1.82) is 0 Å². The van der Waals surface area contributed by atoms with Gasteiger partial charge in [0.2, 0.25) is 0 Å². The van der Waals surface area contributed by atoms with Gasteiger partial charge in [-0.3, -0.25) is 0 Å². The molecule has 0 radical (unpaired) electrons. The van der Waals surface area contributed by atoms with Crippen LogP contribution in [0.25, 0.3) is 0 Å². The van der Waals surface area contributed by atoms with Crippen LogP contribution in [0.3, 0.4) is 0 Å². The molecule has 0 aliphatic rings. The quantitative estimate of drug-likeness (QED) is 0.684. The molecule has 1 unspecified atom stereocenters. The predicted octanol–water partition coefficient (Wildman–Crippen LogP) is 4.34. The zero-order valence-electron chi connectivity index (χ0n) is 11.7. The highest BCUT2D eigenvalue weighted by Gasteiger charge is 2.10. The van der Waals surface area contributed by atoms with Crippen LogP contribution in [-0.2, 0) is 4.79 Å². The first-order valence-corrected chi connectivity index (χ1v) is 6.89. The second-order valence-corrected chi connectivity index (χ2v) is 4.76. The van der Waals surface area contributed by atoms with Crippen LogP contribution >= 0.6 is 0 Å². The van der Waals surface area contributed by atoms with Crippen molar-refractivity contribution in [1.82, 2.24) is 0 Å². The molecule has 0 aromatic heterocycles. The SMILES string of the molecule is CCCOc1ccc(C(CC)CCC(C)=O)cc1. The molecule has 0 saturated heterocycles. The van der Waals surface area contributed by atoms with Gasteiger partial charge in [-0.15, -0.1) is 0 Å². The number of benzene rings is 1. The lowest BCUT2D eigenvalue weighted by Gasteiger charge is -2.15. The number of Topliss-reactive ketones (excluding diaryl/α,β-unsaturated/α-hetero) is 1. The van der Waals surface area contributed by atoms with Crippen molar-refractivity contribution in [3.05, 3.63) is 29.8 Å². The van der Waals surface area contributed by atoms with Crippen LogP contribution in [0.4, 0.5) is 0 Å². The van der Waals surface area contributed by atoms with Gasteiger partial charge in [-0.05, 0) is 49.8 Å². The fraction of sp³-hybridized carbons (Fsp3) is 0.562. The lowest BCUT2D eigenvalue weighted by molar-refractivity contribution is -0.117. The van der Waals surface area contributed by atoms with Crippen molar-refractivity contribution in [3.63, 3.8) is 0 Å². The minimum Gasteiger partial charge on any atom is -0.494 e. The van der Waals surface area contributed by atoms with E-state index in [1.807, 2.05) is 12.1 Å². The second kappa shape index (κ2) is 7.91. The molecule has 1 atom stereocenters. The van der Waals surface area contributed by atoms with E-state index < -0.39 is 0 Å². The van der Waals surface area contributed by atoms with E-state index in [4.69, 9.17) is 4.74 Å². The fourth-order valence-corrected chi connectivity index (χ4v) is 2.04. The Morgan fingerprint density at radius 1 is 1.22 bits per heavy atom. The minimum absolute atomic E-state index is 0.274. The Balaban J connectivity index is 2.60. The Bertz CT molecular complexity index is 354. The molecule has 0 amide bonds. The molecule has 0 aliphatic carbocycles. The number of ketones is 1. The highest BCUT2D eigenvalue weighted by molar-refractivity contribution is 5.75. The van der Waals surface area contributed by atoms with Crippen LogP contribution in [0.15, 0.2) is 24.3 Å². The van der Waals surface area contributed by atoms with Crippen LogP contribution in [-0.4, -0.2) is 12.4 Å². The Hall–Kier alpha value is -1.31. The maximum absolute atomic E-state index is 11.0. The molecular formula is C16H24O2. The molecule has 0 spiro atoms. The summed E-state index contributed by atoms with van der Waals surface area (Å²) in [4.78, 5) is 11.0. The van der Waals surface area contributed by atoms with Gasteiger partial charge in [-0.25, -0.2) is 0 Å². The van der Waals surface area contributed by atoms with Gasteiger partial charge in [-0.1, -0.05) is 26.0 Å². The smallest absolute Gasteiger partial charge is 0.129 e. The summed E-state index contributed by atoms with van der Waals surface area (Å²) in [5, 5.41) is 0. The molecule has 0 fully saturated rings. The summed E-state index contributed by atoms with van der Waals surface area (Å²) in [5.74, 6) is 1.69. The molecule has 0 aliphatic heterocycles. The third-order valence-electron chi connectivity index (χ3n) is 3.16. The normalized spacial score (nSPS) is 12.2. The number of carbonyl (C=O) groups excluding carboxylic acids is 1. The van der Waals surface area contributed by atoms with Gasteiger partial charge in [0.05, 0.1) is 6.61 Å². The lowest BCUT2D eigenvalue weighted by Crippen LogP contribution is -2.01. The molecule has 100 valence electrons. The van der Waals surface area contributed by atoms with E-state index in [0.717, 1.165) is 31.6 Å². The molecule has 1 rings (SSSR count). The van der Waals surface area contributed by atoms with Crippen LogP contribution < -0.4 is 4.74 Å². The van der Waals surface area contributed by atoms with Gasteiger partial charge in [0.15, 0.2) is 0 Å². The van der Waals surface area contributed by atoms with Gasteiger partial charge in [0.1, 0.15) is 11.5 Å². The first kappa shape index (κ1) is 14.7. The van der Waals surface area contributed by atoms with Crippen molar-refractivity contribution in [2.24, 2.45) is 0 Å². The topological polar surface area (TPSA) is 26.3 Å². The first-order valence-electron chi connectivity index (χ1n) is 6.89. The fourth-order valence-electron chi connectivity index (χ4n) is 2.04. The average molecular weight is 248 g/mol. The zero-order valence-corrected chi connectivity index (χ0v) is 11.7. The Morgan fingerprint density at radius 2 is 1.89 bits per heavy atom. The van der Waals surface area contributed by atoms with E-state index in [9.17, 15) is 4.79 Å². The molecule has 1 aromatic carbocycles. The number of hydrogen-bond acceptors (Lipinski definition) is 2. The van der Waals surface area contributed by atoms with Gasteiger partial charge < -0.3 is 9.53 Å². The Kier molecular flexibility index (Phi) is 6.48. The molecule has 2 nitrogen and oxygen atoms in total. The van der Waals surface area contributed by atoms with Gasteiger partial charge in [0.25, 0.3) is 0 Å². The molecule has 1 aromatic rings. The second-order valence-electron chi connectivity index (χ2n) is 4.76. The number of hydrogen-bond donors (Lipinski definition) is 0. The van der Waals surface area contributed by atoms with Crippen LogP contribution in [0.5, 0.6) is 5.75 Å². The highest BCUT2D eigenvalue weighted by atomic mass is 16.5. The molecule has 0 N–H and O–H groups in total. The molecule has 0 saturated carbocycles. The third-order valence-corrected chi connectivity index (χ3v) is 3.16. The monoisotopic (exact) mass is 248 g/mol. The molecule has 0 bridgehead atoms. The van der Waals surface area contributed by atoms with Gasteiger partial charge >= 0.3 is 0 Å². The van der Waals surface area contributed by atoms with Crippen molar-refractivity contribution >= 4 is 5.78 Å². The lowest BCUT2D eigenvalue weighted by atomic mass is 9.91. The number of rotatable bonds is 8. The highest BCUT2D eigenvalue weighted by Crippen LogP contribution is 2.26. The van der Waals surface area contributed by atoms with Crippen molar-refractivity contribution < 1.29 is 9.53 Å². The molecule has 0 heterocycles. The van der Waals surface area contributed by atoms with Gasteiger partial charge in [-0.2, -0.15) is 0 Å². The van der Waals surface area contributed by atoms with E-state index in [-0.39, 0.29) is 5.78 Å². The average Bonchev–Trinajstić information content (AvgIpc) is 2.38. The summed E-state index contributed by atoms with van der Waals surface area (Å²) in [5.41, 5.74) is 1.31. The summed E-state index contributed by atoms with van der Waals surface area (Å²) in [7, 11) is 0. The zero-order chi connectivity index (χ0) is 13.4. The number of carbonyl (C=O) groups is 1. The summed E-state index contributed by atoms with van der Waals surface area (Å²) >= 11 is 0. The van der Waals surface area contributed by atoms with Crippen LogP contribution in [0, 0.1) is 0 Å². The van der Waals surface area contributed by atoms with E-state index in [1.165, 1.54) is 5.56 Å². The van der Waals surface area contributed by atoms with Crippen molar-refractivity contribution in [3.8, 4) is 5.75 Å². The first-order chi connectivity index (χ1) is 8.67. The summed E-state index contributed by atoms with van der Waals surface area (Å²) in [6.07, 6.45) is 3.72. The van der Waals surface area contributed by atoms with Crippen molar-refractivity contribution in [2.45, 2.75) is 52.4 Å². The van der Waals surface area contributed by atoms with Crippen LogP contribution in [0.1, 0.15) is 57.9 Å². The predicted molar refractivity (Wildman–Crippen MR) is 75.2 cm³/mol. The standard InChI is InChI=1S/C16H24O2/c1-4-12-18-16-10-8-15(9-11-16)14(5-2)7-6-13(3)17/h8-11,14H,4-7,12H2,1-3H3. The van der Waals surface area contributed by atoms with Crippen LogP contribution in [0.2, 0.25) is 0 Å². The summed E-state index contributed by atoms with van der Waals surface area (Å²) < 4.78 is 5.57. The maximum atomic E-state index is 11.0. The van der Waals surface area contributed by atoms with E-state index >= 15 is 0 Å². The largest absolute Gasteiger partial charge is 0.494 e. The maximum Gasteiger partial charge on any atom is 0.129 e. The molecule has 18 heavy (non-hydrogen) atoms. The minimum atomic E-state index is 0.274. The molecule has 2 heteroatoms. The summed E-state index contributed by atoms with van der Waals surface area (Å²) in [6.45, 7) is 6.70. The Labute approximate surface area is 110 Å². The van der Waals surface area contributed by atoms with E-state index in [0.29, 0.717) is 12.3 Å². The van der Waals surface area contributed by atoms with E-state index in [2.05, 4.69) is 26.0 Å². The summed E-state index contributed by atoms with van der Waals surface area (Å²) in [6, 6.07) is 8.31. The Morgan fingerprint density at radius 3 is 2.39 bits per heavy atom. The van der Waals surface area contributed by atoms with Gasteiger partial charge in [0, 0.05) is 6.42 Å². The van der Waals surface area contributed by atoms with E-state index in [1.54, 1.807) is 6.92 Å². The van der Waals surface area contributed by atoms with Crippen molar-refractivity contribution in [2.75, 3.05) is 6.61 Å². The third kappa shape index (κ3) is 4.91. The number of ether oxygens (including phenoxy) is 1.